The maximum absolute atomic E-state index is 11.8. The highest BCUT2D eigenvalue weighted by atomic mass is 16.5. The number of rotatable bonds is 5. The number of aromatic nitrogens is 1. The first-order chi connectivity index (χ1) is 9.60. The van der Waals surface area contributed by atoms with Crippen LogP contribution in [0.3, 0.4) is 0 Å². The van der Waals surface area contributed by atoms with Crippen molar-refractivity contribution in [3.8, 4) is 0 Å². The van der Waals surface area contributed by atoms with E-state index in [1.165, 1.54) is 0 Å². The molecule has 2 heterocycles. The molecule has 0 radical (unpaired) electrons. The number of carbonyl (C=O) groups is 2. The number of likely N-dealkylation sites (N-methyl/N-ethyl adjacent to an activating group) is 1. The molecule has 110 valence electrons. The Morgan fingerprint density at radius 1 is 1.60 bits per heavy atom. The van der Waals surface area contributed by atoms with E-state index in [-0.39, 0.29) is 17.6 Å². The van der Waals surface area contributed by atoms with Crippen LogP contribution in [0.2, 0.25) is 0 Å². The van der Waals surface area contributed by atoms with Gasteiger partial charge in [0.2, 0.25) is 5.76 Å². The van der Waals surface area contributed by atoms with E-state index < -0.39 is 11.9 Å². The van der Waals surface area contributed by atoms with Crippen LogP contribution in [0.25, 0.3) is 0 Å². The van der Waals surface area contributed by atoms with Gasteiger partial charge in [-0.2, -0.15) is 0 Å². The first-order valence-corrected chi connectivity index (χ1v) is 6.42. The lowest BCUT2D eigenvalue weighted by atomic mass is 10.2. The Morgan fingerprint density at radius 3 is 3.05 bits per heavy atom. The Hall–Kier alpha value is -1.93. The fourth-order valence-electron chi connectivity index (χ4n) is 1.97. The highest BCUT2D eigenvalue weighted by Crippen LogP contribution is 2.06. The number of hydrogen-bond acceptors (Lipinski definition) is 6. The standard InChI is InChI=1S/C12H17N3O5/c1-2-15-3-4-19-8(7-15)6-13-11(16)9-5-10(12(17)18)20-14-9/h5,8H,2-4,6-7H2,1H3,(H,13,16)(H,17,18). The van der Waals surface area contributed by atoms with E-state index in [0.29, 0.717) is 13.2 Å². The van der Waals surface area contributed by atoms with Crippen LogP contribution in [0.4, 0.5) is 0 Å². The van der Waals surface area contributed by atoms with E-state index in [9.17, 15) is 9.59 Å². The molecule has 0 saturated carbocycles. The molecule has 0 bridgehead atoms. The first-order valence-electron chi connectivity index (χ1n) is 6.42. The quantitative estimate of drug-likeness (QED) is 0.772. The first kappa shape index (κ1) is 14.5. The molecular formula is C12H17N3O5. The average molecular weight is 283 g/mol. The van der Waals surface area contributed by atoms with Crippen molar-refractivity contribution in [3.05, 3.63) is 17.5 Å². The molecule has 1 amide bonds. The van der Waals surface area contributed by atoms with Gasteiger partial charge in [0.05, 0.1) is 12.7 Å². The molecule has 1 unspecified atom stereocenters. The number of morpholine rings is 1. The number of hydrogen-bond donors (Lipinski definition) is 2. The van der Waals surface area contributed by atoms with Gasteiger partial charge in [-0.1, -0.05) is 12.1 Å². The summed E-state index contributed by atoms with van der Waals surface area (Å²) < 4.78 is 10.1. The van der Waals surface area contributed by atoms with Crippen LogP contribution >= 0.6 is 0 Å². The van der Waals surface area contributed by atoms with E-state index >= 15 is 0 Å². The number of carboxylic acid groups (broad SMARTS) is 1. The molecule has 8 nitrogen and oxygen atoms in total. The molecule has 1 aromatic rings. The highest BCUT2D eigenvalue weighted by molar-refractivity contribution is 5.94. The van der Waals surface area contributed by atoms with Crippen LogP contribution in [0.5, 0.6) is 0 Å². The third-order valence-electron chi connectivity index (χ3n) is 3.11. The summed E-state index contributed by atoms with van der Waals surface area (Å²) in [7, 11) is 0. The number of nitrogens with zero attached hydrogens (tertiary/aromatic N) is 2. The molecular weight excluding hydrogens is 266 g/mol. The Balaban J connectivity index is 1.83. The van der Waals surface area contributed by atoms with Crippen molar-refractivity contribution in [1.82, 2.24) is 15.4 Å². The van der Waals surface area contributed by atoms with Gasteiger partial charge in [-0.05, 0) is 6.54 Å². The average Bonchev–Trinajstić information content (AvgIpc) is 2.95. The van der Waals surface area contributed by atoms with Crippen molar-refractivity contribution in [2.75, 3.05) is 32.8 Å². The zero-order chi connectivity index (χ0) is 14.5. The Bertz CT molecular complexity index is 487. The lowest BCUT2D eigenvalue weighted by Gasteiger charge is -2.32. The molecule has 1 atom stereocenters. The lowest BCUT2D eigenvalue weighted by Crippen LogP contribution is -2.47. The normalized spacial score (nSPS) is 19.8. The number of nitrogens with one attached hydrogen (secondary N) is 1. The third-order valence-corrected chi connectivity index (χ3v) is 3.11. The zero-order valence-corrected chi connectivity index (χ0v) is 11.2. The molecule has 1 saturated heterocycles. The molecule has 0 aromatic carbocycles. The van der Waals surface area contributed by atoms with Crippen LogP contribution in [0.15, 0.2) is 10.6 Å². The zero-order valence-electron chi connectivity index (χ0n) is 11.2. The summed E-state index contributed by atoms with van der Waals surface area (Å²) in [4.78, 5) is 24.6. The van der Waals surface area contributed by atoms with Crippen LogP contribution in [-0.2, 0) is 4.74 Å². The summed E-state index contributed by atoms with van der Waals surface area (Å²) in [6.07, 6.45) is -0.0708. The van der Waals surface area contributed by atoms with E-state index in [4.69, 9.17) is 9.84 Å². The smallest absolute Gasteiger partial charge is 0.374 e. The summed E-state index contributed by atoms with van der Waals surface area (Å²) in [6.45, 7) is 5.66. The molecule has 2 N–H and O–H groups in total. The molecule has 1 aromatic heterocycles. The summed E-state index contributed by atoms with van der Waals surface area (Å²) in [6, 6.07) is 1.09. The van der Waals surface area contributed by atoms with Gasteiger partial charge in [0.1, 0.15) is 0 Å². The monoisotopic (exact) mass is 283 g/mol. The molecule has 1 aliphatic heterocycles. The highest BCUT2D eigenvalue weighted by Gasteiger charge is 2.21. The third kappa shape index (κ3) is 3.55. The fraction of sp³-hybridized carbons (Fsp3) is 0.583. The Morgan fingerprint density at radius 2 is 2.40 bits per heavy atom. The van der Waals surface area contributed by atoms with Gasteiger partial charge in [-0.25, -0.2) is 4.79 Å². The summed E-state index contributed by atoms with van der Waals surface area (Å²) in [5.74, 6) is -2.09. The maximum Gasteiger partial charge on any atom is 0.374 e. The van der Waals surface area contributed by atoms with Gasteiger partial charge in [0, 0.05) is 25.7 Å². The molecule has 2 rings (SSSR count). The second-order valence-electron chi connectivity index (χ2n) is 4.48. The predicted molar refractivity (Wildman–Crippen MR) is 67.6 cm³/mol. The number of ether oxygens (including phenoxy) is 1. The van der Waals surface area contributed by atoms with E-state index in [1.54, 1.807) is 0 Å². The predicted octanol–water partition coefficient (Wildman–Crippen LogP) is -0.177. The minimum Gasteiger partial charge on any atom is -0.475 e. The SMILES string of the molecule is CCN1CCOC(CNC(=O)c2cc(C(=O)O)on2)C1. The number of carbonyl (C=O) groups excluding carboxylic acids is 1. The van der Waals surface area contributed by atoms with Crippen LogP contribution < -0.4 is 5.32 Å². The molecule has 0 aliphatic carbocycles. The van der Waals surface area contributed by atoms with Crippen molar-refractivity contribution in [2.45, 2.75) is 13.0 Å². The van der Waals surface area contributed by atoms with E-state index in [0.717, 1.165) is 25.7 Å². The van der Waals surface area contributed by atoms with E-state index in [1.807, 2.05) is 0 Å². The largest absolute Gasteiger partial charge is 0.475 e. The Kier molecular flexibility index (Phi) is 4.70. The van der Waals surface area contributed by atoms with Gasteiger partial charge >= 0.3 is 5.97 Å². The fourth-order valence-corrected chi connectivity index (χ4v) is 1.97. The van der Waals surface area contributed by atoms with Crippen LogP contribution in [0, 0.1) is 0 Å². The second kappa shape index (κ2) is 6.49. The minimum atomic E-state index is -1.26. The molecule has 1 aliphatic rings. The van der Waals surface area contributed by atoms with Gasteiger partial charge in [-0.3, -0.25) is 9.69 Å². The summed E-state index contributed by atoms with van der Waals surface area (Å²) >= 11 is 0. The summed E-state index contributed by atoms with van der Waals surface area (Å²) in [5.41, 5.74) is -0.0504. The molecule has 8 heteroatoms. The molecule has 20 heavy (non-hydrogen) atoms. The molecule has 0 spiro atoms. The minimum absolute atomic E-state index is 0.0504. The van der Waals surface area contributed by atoms with Gasteiger partial charge < -0.3 is 19.7 Å². The van der Waals surface area contributed by atoms with E-state index in [2.05, 4.69) is 26.8 Å². The van der Waals surface area contributed by atoms with Gasteiger partial charge in [-0.15, -0.1) is 0 Å². The number of aromatic carboxylic acids is 1. The van der Waals surface area contributed by atoms with Crippen molar-refractivity contribution in [3.63, 3.8) is 0 Å². The number of carboxylic acids is 1. The number of amides is 1. The van der Waals surface area contributed by atoms with Crippen molar-refractivity contribution >= 4 is 11.9 Å². The lowest BCUT2D eigenvalue weighted by molar-refractivity contribution is -0.0246. The van der Waals surface area contributed by atoms with Gasteiger partial charge in [0.15, 0.2) is 5.69 Å². The van der Waals surface area contributed by atoms with Crippen molar-refractivity contribution in [1.29, 1.82) is 0 Å². The maximum atomic E-state index is 11.8. The Labute approximate surface area is 115 Å². The van der Waals surface area contributed by atoms with Gasteiger partial charge in [0.25, 0.3) is 5.91 Å². The molecule has 1 fully saturated rings. The second-order valence-corrected chi connectivity index (χ2v) is 4.48. The van der Waals surface area contributed by atoms with Crippen LogP contribution in [-0.4, -0.2) is 65.9 Å². The van der Waals surface area contributed by atoms with Crippen molar-refractivity contribution < 1.29 is 24.0 Å². The van der Waals surface area contributed by atoms with Crippen molar-refractivity contribution in [2.24, 2.45) is 0 Å². The summed E-state index contributed by atoms with van der Waals surface area (Å²) in [5, 5.41) is 14.8. The van der Waals surface area contributed by atoms with Crippen LogP contribution in [0.1, 0.15) is 28.0 Å². The topological polar surface area (TPSA) is 105 Å².